The van der Waals surface area contributed by atoms with Gasteiger partial charge < -0.3 is 40.2 Å². The van der Waals surface area contributed by atoms with Crippen molar-refractivity contribution in [2.24, 2.45) is 11.7 Å². The first-order valence-electron chi connectivity index (χ1n) is 21.5. The van der Waals surface area contributed by atoms with E-state index in [2.05, 4.69) is 19.1 Å². The molecular formula is C43H76NO12P. The number of aliphatic hydroxyl groups is 3. The van der Waals surface area contributed by atoms with Crippen LogP contribution in [0.15, 0.2) is 48.6 Å². The molecule has 0 spiro atoms. The van der Waals surface area contributed by atoms with Crippen molar-refractivity contribution >= 4 is 19.8 Å². The van der Waals surface area contributed by atoms with E-state index in [9.17, 15) is 34.4 Å². The first-order chi connectivity index (χ1) is 27.5. The van der Waals surface area contributed by atoms with Crippen LogP contribution in [0, 0.1) is 5.92 Å². The molecule has 0 aromatic heterocycles. The Morgan fingerprint density at radius 1 is 0.807 bits per heavy atom. The number of phosphoric ester groups is 1. The van der Waals surface area contributed by atoms with Gasteiger partial charge in [0.2, 0.25) is 0 Å². The van der Waals surface area contributed by atoms with E-state index in [1.54, 1.807) is 12.2 Å². The van der Waals surface area contributed by atoms with Crippen molar-refractivity contribution in [2.45, 2.75) is 179 Å². The summed E-state index contributed by atoms with van der Waals surface area (Å²) >= 11 is 0. The first kappa shape index (κ1) is 52.8. The fourth-order valence-corrected chi connectivity index (χ4v) is 6.98. The molecule has 7 atom stereocenters. The Balaban J connectivity index is 2.46. The summed E-state index contributed by atoms with van der Waals surface area (Å²) in [4.78, 5) is 35.1. The van der Waals surface area contributed by atoms with Crippen molar-refractivity contribution < 1.29 is 57.6 Å². The van der Waals surface area contributed by atoms with Gasteiger partial charge in [-0.3, -0.25) is 18.6 Å². The summed E-state index contributed by atoms with van der Waals surface area (Å²) in [7, 11) is -4.46. The van der Waals surface area contributed by atoms with Gasteiger partial charge in [-0.25, -0.2) is 4.57 Å². The van der Waals surface area contributed by atoms with Crippen LogP contribution in [0.4, 0.5) is 0 Å². The number of aliphatic hydroxyl groups excluding tert-OH is 3. The van der Waals surface area contributed by atoms with Crippen LogP contribution >= 0.6 is 7.82 Å². The molecule has 7 unspecified atom stereocenters. The van der Waals surface area contributed by atoms with Crippen molar-refractivity contribution in [3.05, 3.63) is 48.6 Å². The molecule has 14 heteroatoms. The molecule has 1 saturated heterocycles. The highest BCUT2D eigenvalue weighted by Crippen LogP contribution is 2.43. The third-order valence-corrected chi connectivity index (χ3v) is 10.5. The second-order valence-electron chi connectivity index (χ2n) is 14.7. The molecule has 1 aliphatic rings. The Bertz CT molecular complexity index is 1190. The third-order valence-electron chi connectivity index (χ3n) is 9.47. The van der Waals surface area contributed by atoms with E-state index < -0.39 is 57.1 Å². The summed E-state index contributed by atoms with van der Waals surface area (Å²) < 4.78 is 38.4. The molecule has 0 radical (unpaired) electrons. The van der Waals surface area contributed by atoms with Gasteiger partial charge in [-0.15, -0.1) is 0 Å². The first-order valence-corrected chi connectivity index (χ1v) is 23.0. The summed E-state index contributed by atoms with van der Waals surface area (Å²) in [5, 5.41) is 30.9. The molecule has 0 amide bonds. The number of carbonyl (C=O) groups is 2. The van der Waals surface area contributed by atoms with Crippen LogP contribution in [-0.2, 0) is 37.4 Å². The average molecular weight is 830 g/mol. The summed E-state index contributed by atoms with van der Waals surface area (Å²) in [5.41, 5.74) is 5.34. The number of rotatable bonds is 35. The summed E-state index contributed by atoms with van der Waals surface area (Å²) in [6.45, 7) is 3.19. The van der Waals surface area contributed by atoms with E-state index in [4.69, 9.17) is 29.0 Å². The highest BCUT2D eigenvalue weighted by Gasteiger charge is 2.35. The highest BCUT2D eigenvalue weighted by atomic mass is 31.2. The minimum atomic E-state index is -4.46. The van der Waals surface area contributed by atoms with E-state index in [0.29, 0.717) is 32.1 Å². The molecule has 6 N–H and O–H groups in total. The average Bonchev–Trinajstić information content (AvgIpc) is 3.17. The molecule has 0 aliphatic carbocycles. The van der Waals surface area contributed by atoms with Crippen molar-refractivity contribution in [1.82, 2.24) is 0 Å². The molecule has 1 aliphatic heterocycles. The second-order valence-corrected chi connectivity index (χ2v) is 16.2. The van der Waals surface area contributed by atoms with E-state index in [1.165, 1.54) is 38.5 Å². The van der Waals surface area contributed by atoms with E-state index >= 15 is 0 Å². The van der Waals surface area contributed by atoms with Crippen molar-refractivity contribution in [3.8, 4) is 0 Å². The molecule has 330 valence electrons. The lowest BCUT2D eigenvalue weighted by atomic mass is 9.87. The fourth-order valence-electron chi connectivity index (χ4n) is 6.21. The molecule has 1 rings (SSSR count). The number of ether oxygens (including phenoxy) is 3. The predicted octanol–water partition coefficient (Wildman–Crippen LogP) is 8.05. The Morgan fingerprint density at radius 2 is 1.44 bits per heavy atom. The van der Waals surface area contributed by atoms with Gasteiger partial charge in [0.25, 0.3) is 0 Å². The van der Waals surface area contributed by atoms with Crippen LogP contribution in [0.5, 0.6) is 0 Å². The summed E-state index contributed by atoms with van der Waals surface area (Å²) in [6.07, 6.45) is 29.2. The van der Waals surface area contributed by atoms with Crippen LogP contribution in [0.1, 0.15) is 149 Å². The van der Waals surface area contributed by atoms with Gasteiger partial charge >= 0.3 is 19.8 Å². The summed E-state index contributed by atoms with van der Waals surface area (Å²) in [6, 6.07) is 0. The lowest BCUT2D eigenvalue weighted by molar-refractivity contribution is -0.199. The van der Waals surface area contributed by atoms with Gasteiger partial charge in [-0.05, 0) is 64.2 Å². The quantitative estimate of drug-likeness (QED) is 0.0178. The Labute approximate surface area is 342 Å². The second kappa shape index (κ2) is 34.7. The van der Waals surface area contributed by atoms with Gasteiger partial charge in [-0.1, -0.05) is 114 Å². The number of nitrogens with two attached hydrogens (primary N) is 1. The predicted molar refractivity (Wildman–Crippen MR) is 223 cm³/mol. The molecule has 0 saturated carbocycles. The topological polar surface area (TPSA) is 204 Å². The van der Waals surface area contributed by atoms with E-state index in [1.807, 2.05) is 31.2 Å². The zero-order valence-corrected chi connectivity index (χ0v) is 35.7. The number of esters is 2. The van der Waals surface area contributed by atoms with Crippen molar-refractivity contribution in [2.75, 3.05) is 26.4 Å². The SMILES string of the molecule is CC/C=C\CC(O)/C=C/C1OC(O)CC(O)C1C/C=C\CCCC(=O)OC(COC(=O)CCCCCCC/C=C\CCCCCCCC)COP(=O)(O)OCCN. The van der Waals surface area contributed by atoms with E-state index in [0.717, 1.165) is 44.9 Å². The molecule has 57 heavy (non-hydrogen) atoms. The molecule has 0 aromatic rings. The number of hydrogen-bond acceptors (Lipinski definition) is 12. The van der Waals surface area contributed by atoms with Crippen molar-refractivity contribution in [3.63, 3.8) is 0 Å². The number of unbranched alkanes of at least 4 members (excludes halogenated alkanes) is 12. The molecule has 1 fully saturated rings. The minimum absolute atomic E-state index is 0.00580. The lowest BCUT2D eigenvalue weighted by Crippen LogP contribution is -2.43. The normalized spacial score (nSPS) is 21.1. The van der Waals surface area contributed by atoms with Crippen LogP contribution in [0.25, 0.3) is 0 Å². The standard InChI is InChI=1S/C43H76NO12P/c1-3-5-7-8-9-10-11-12-13-14-15-16-17-18-23-27-41(47)52-34-37(35-54-57(50,51)53-32-31-44)55-42(48)28-24-20-19-22-26-38-39(46)33-43(49)56-40(38)30-29-36(45)25-21-6-4-2/h6,12-13,19,21-22,29-30,36-40,43,45-46,49H,3-5,7-11,14-18,20,23-28,31-35,44H2,1-2H3,(H,50,51)/b13-12-,21-6-,22-19-,30-29+. The molecule has 1 heterocycles. The maximum atomic E-state index is 12.7. The number of allylic oxidation sites excluding steroid dienone is 5. The van der Waals surface area contributed by atoms with Gasteiger partial charge in [0, 0.05) is 31.7 Å². The minimum Gasteiger partial charge on any atom is -0.462 e. The largest absolute Gasteiger partial charge is 0.472 e. The van der Waals surface area contributed by atoms with Crippen LogP contribution < -0.4 is 5.73 Å². The maximum absolute atomic E-state index is 12.7. The Morgan fingerprint density at radius 3 is 2.12 bits per heavy atom. The maximum Gasteiger partial charge on any atom is 0.472 e. The van der Waals surface area contributed by atoms with Gasteiger partial charge in [0.15, 0.2) is 12.4 Å². The van der Waals surface area contributed by atoms with Gasteiger partial charge in [0.05, 0.1) is 31.5 Å². The number of hydrogen-bond donors (Lipinski definition) is 5. The zero-order chi connectivity index (χ0) is 42.0. The third kappa shape index (κ3) is 29.6. The number of carbonyl (C=O) groups excluding carboxylic acids is 2. The smallest absolute Gasteiger partial charge is 0.462 e. The molecular weight excluding hydrogens is 753 g/mol. The van der Waals surface area contributed by atoms with Crippen LogP contribution in [0.2, 0.25) is 0 Å². The molecule has 0 aromatic carbocycles. The van der Waals surface area contributed by atoms with E-state index in [-0.39, 0.29) is 44.9 Å². The lowest BCUT2D eigenvalue weighted by Gasteiger charge is -2.36. The van der Waals surface area contributed by atoms with Gasteiger partial charge in [0.1, 0.15) is 6.61 Å². The molecule has 0 bridgehead atoms. The van der Waals surface area contributed by atoms with Crippen LogP contribution in [-0.4, -0.2) is 89.2 Å². The number of phosphoric acid groups is 1. The monoisotopic (exact) mass is 830 g/mol. The highest BCUT2D eigenvalue weighted by molar-refractivity contribution is 7.47. The Hall–Kier alpha value is -2.19. The van der Waals surface area contributed by atoms with Gasteiger partial charge in [-0.2, -0.15) is 0 Å². The molecule has 13 nitrogen and oxygen atoms in total. The summed E-state index contributed by atoms with van der Waals surface area (Å²) in [5.74, 6) is -1.38. The zero-order valence-electron chi connectivity index (χ0n) is 34.8. The fraction of sp³-hybridized carbons (Fsp3) is 0.767. The Kier molecular flexibility index (Phi) is 32.1. The van der Waals surface area contributed by atoms with Crippen LogP contribution in [0.3, 0.4) is 0 Å². The van der Waals surface area contributed by atoms with Crippen molar-refractivity contribution in [1.29, 1.82) is 0 Å².